The van der Waals surface area contributed by atoms with E-state index in [2.05, 4.69) is 16.8 Å². The first kappa shape index (κ1) is 10.9. The van der Waals surface area contributed by atoms with E-state index in [4.69, 9.17) is 10.5 Å². The Kier molecular flexibility index (Phi) is 3.60. The van der Waals surface area contributed by atoms with E-state index in [1.165, 1.54) is 19.2 Å². The lowest BCUT2D eigenvalue weighted by Crippen LogP contribution is -1.98. The van der Waals surface area contributed by atoms with Gasteiger partial charge in [0.2, 0.25) is 5.88 Å². The zero-order chi connectivity index (χ0) is 11.3. The third-order valence-electron chi connectivity index (χ3n) is 1.56. The van der Waals surface area contributed by atoms with Crippen LogP contribution in [0.4, 0.5) is 5.69 Å². The van der Waals surface area contributed by atoms with Crippen molar-refractivity contribution in [3.05, 3.63) is 27.9 Å². The van der Waals surface area contributed by atoms with Gasteiger partial charge < -0.3 is 10.5 Å². The molecule has 1 heterocycles. The Morgan fingerprint density at radius 1 is 1.67 bits per heavy atom. The molecule has 1 aromatic heterocycles. The molecule has 6 heteroatoms. The van der Waals surface area contributed by atoms with E-state index in [9.17, 15) is 10.1 Å². The maximum atomic E-state index is 10.6. The van der Waals surface area contributed by atoms with Crippen LogP contribution in [0.15, 0.2) is 12.1 Å². The molecule has 2 N–H and O–H groups in total. The Bertz CT molecular complexity index is 434. The Hall–Kier alpha value is -2.13. The summed E-state index contributed by atoms with van der Waals surface area (Å²) in [6.45, 7) is 0.121. The smallest absolute Gasteiger partial charge is 0.303 e. The van der Waals surface area contributed by atoms with E-state index in [0.29, 0.717) is 0 Å². The van der Waals surface area contributed by atoms with Gasteiger partial charge in [0.05, 0.1) is 18.6 Å². The minimum absolute atomic E-state index is 0.0600. The molecule has 0 aliphatic rings. The van der Waals surface area contributed by atoms with Gasteiger partial charge in [0.25, 0.3) is 0 Å². The van der Waals surface area contributed by atoms with E-state index in [1.54, 1.807) is 0 Å². The number of aromatic nitrogens is 1. The second kappa shape index (κ2) is 4.93. The van der Waals surface area contributed by atoms with E-state index < -0.39 is 4.92 Å². The molecule has 0 radical (unpaired) electrons. The van der Waals surface area contributed by atoms with Gasteiger partial charge in [0.15, 0.2) is 5.69 Å². The number of hydrogen-bond acceptors (Lipinski definition) is 5. The average molecular weight is 207 g/mol. The van der Waals surface area contributed by atoms with Crippen molar-refractivity contribution in [1.82, 2.24) is 4.98 Å². The first-order valence-electron chi connectivity index (χ1n) is 4.07. The van der Waals surface area contributed by atoms with Crippen LogP contribution in [0.2, 0.25) is 0 Å². The maximum absolute atomic E-state index is 10.6. The van der Waals surface area contributed by atoms with Crippen molar-refractivity contribution in [2.45, 2.75) is 0 Å². The molecule has 0 saturated heterocycles. The van der Waals surface area contributed by atoms with Gasteiger partial charge in [-0.3, -0.25) is 10.1 Å². The number of rotatable bonds is 2. The Morgan fingerprint density at radius 2 is 2.40 bits per heavy atom. The standard InChI is InChI=1S/C9H9N3O3/c1-15-9-5-4-8(12(13)14)7(11-9)3-2-6-10/h4-5H,6,10H2,1H3. The molecule has 0 fully saturated rings. The first-order valence-corrected chi connectivity index (χ1v) is 4.07. The van der Waals surface area contributed by atoms with Gasteiger partial charge in [-0.05, 0) is 5.92 Å². The number of ether oxygens (including phenoxy) is 1. The molecule has 1 aromatic rings. The molecule has 0 amide bonds. The molecular weight excluding hydrogens is 198 g/mol. The van der Waals surface area contributed by atoms with E-state index in [1.807, 2.05) is 0 Å². The SMILES string of the molecule is COc1ccc([N+](=O)[O-])c(C#CCN)n1. The first-order chi connectivity index (χ1) is 7.19. The molecule has 6 nitrogen and oxygen atoms in total. The highest BCUT2D eigenvalue weighted by Crippen LogP contribution is 2.18. The largest absolute Gasteiger partial charge is 0.481 e. The second-order valence-electron chi connectivity index (χ2n) is 2.48. The van der Waals surface area contributed by atoms with Crippen molar-refractivity contribution in [1.29, 1.82) is 0 Å². The van der Waals surface area contributed by atoms with Crippen LogP contribution in [0.1, 0.15) is 5.69 Å². The molecule has 0 unspecified atom stereocenters. The van der Waals surface area contributed by atoms with Crippen LogP contribution in [0, 0.1) is 22.0 Å². The van der Waals surface area contributed by atoms with Crippen molar-refractivity contribution in [3.8, 4) is 17.7 Å². The number of nitro groups is 1. The summed E-state index contributed by atoms with van der Waals surface area (Å²) in [5.41, 5.74) is 5.07. The van der Waals surface area contributed by atoms with Gasteiger partial charge in [-0.2, -0.15) is 4.98 Å². The molecule has 0 bridgehead atoms. The van der Waals surface area contributed by atoms with Crippen molar-refractivity contribution < 1.29 is 9.66 Å². The Morgan fingerprint density at radius 3 is 2.93 bits per heavy atom. The number of hydrogen-bond donors (Lipinski definition) is 1. The Labute approximate surface area is 86.2 Å². The van der Waals surface area contributed by atoms with Gasteiger partial charge in [-0.1, -0.05) is 5.92 Å². The molecule has 1 rings (SSSR count). The number of nitrogens with two attached hydrogens (primary N) is 1. The lowest BCUT2D eigenvalue weighted by Gasteiger charge is -1.99. The minimum atomic E-state index is -0.549. The van der Waals surface area contributed by atoms with Crippen LogP contribution in [-0.4, -0.2) is 23.6 Å². The van der Waals surface area contributed by atoms with Crippen LogP contribution in [-0.2, 0) is 0 Å². The second-order valence-corrected chi connectivity index (χ2v) is 2.48. The van der Waals surface area contributed by atoms with Gasteiger partial charge in [0.1, 0.15) is 0 Å². The van der Waals surface area contributed by atoms with Crippen LogP contribution in [0.5, 0.6) is 5.88 Å². The number of pyridine rings is 1. The van der Waals surface area contributed by atoms with Crippen molar-refractivity contribution in [2.75, 3.05) is 13.7 Å². The van der Waals surface area contributed by atoms with E-state index >= 15 is 0 Å². The predicted molar refractivity (Wildman–Crippen MR) is 53.4 cm³/mol. The molecule has 0 aromatic carbocycles. The fourth-order valence-electron chi connectivity index (χ4n) is 0.922. The number of nitrogens with zero attached hydrogens (tertiary/aromatic N) is 2. The summed E-state index contributed by atoms with van der Waals surface area (Å²) in [6.07, 6.45) is 0. The van der Waals surface area contributed by atoms with Gasteiger partial charge in [-0.15, -0.1) is 0 Å². The van der Waals surface area contributed by atoms with Crippen molar-refractivity contribution in [2.24, 2.45) is 5.73 Å². The summed E-state index contributed by atoms with van der Waals surface area (Å²) in [4.78, 5) is 13.9. The topological polar surface area (TPSA) is 91.3 Å². The van der Waals surface area contributed by atoms with E-state index in [-0.39, 0.29) is 23.8 Å². The van der Waals surface area contributed by atoms with Crippen LogP contribution in [0.3, 0.4) is 0 Å². The molecule has 0 aliphatic heterocycles. The van der Waals surface area contributed by atoms with Crippen LogP contribution in [0.25, 0.3) is 0 Å². The molecule has 0 spiro atoms. The number of methoxy groups -OCH3 is 1. The average Bonchev–Trinajstić information content (AvgIpc) is 2.25. The highest BCUT2D eigenvalue weighted by molar-refractivity contribution is 5.47. The summed E-state index contributed by atoms with van der Waals surface area (Å²) in [7, 11) is 1.42. The predicted octanol–water partition coefficient (Wildman–Crippen LogP) is 0.309. The monoisotopic (exact) mass is 207 g/mol. The molecule has 0 saturated carbocycles. The minimum Gasteiger partial charge on any atom is -0.481 e. The zero-order valence-corrected chi connectivity index (χ0v) is 8.06. The third-order valence-corrected chi connectivity index (χ3v) is 1.56. The zero-order valence-electron chi connectivity index (χ0n) is 8.06. The summed E-state index contributed by atoms with van der Waals surface area (Å²) in [6, 6.07) is 2.71. The molecule has 15 heavy (non-hydrogen) atoms. The lowest BCUT2D eigenvalue weighted by molar-refractivity contribution is -0.385. The normalized spacial score (nSPS) is 8.93. The molecule has 0 atom stereocenters. The summed E-state index contributed by atoms with van der Waals surface area (Å²) >= 11 is 0. The molecule has 0 aliphatic carbocycles. The summed E-state index contributed by atoms with van der Waals surface area (Å²) < 4.78 is 4.84. The summed E-state index contributed by atoms with van der Waals surface area (Å²) in [5, 5.41) is 10.6. The van der Waals surface area contributed by atoms with Crippen molar-refractivity contribution in [3.63, 3.8) is 0 Å². The van der Waals surface area contributed by atoms with E-state index in [0.717, 1.165) is 0 Å². The highest BCUT2D eigenvalue weighted by atomic mass is 16.6. The fourth-order valence-corrected chi connectivity index (χ4v) is 0.922. The highest BCUT2D eigenvalue weighted by Gasteiger charge is 2.14. The maximum Gasteiger partial charge on any atom is 0.303 e. The van der Waals surface area contributed by atoms with Gasteiger partial charge in [-0.25, -0.2) is 0 Å². The third kappa shape index (κ3) is 2.65. The Balaban J connectivity index is 3.22. The van der Waals surface area contributed by atoms with Crippen LogP contribution >= 0.6 is 0 Å². The quantitative estimate of drug-likeness (QED) is 0.428. The van der Waals surface area contributed by atoms with Gasteiger partial charge in [0, 0.05) is 12.1 Å². The fraction of sp³-hybridized carbons (Fsp3) is 0.222. The van der Waals surface area contributed by atoms with Crippen molar-refractivity contribution >= 4 is 5.69 Å². The molecule has 78 valence electrons. The van der Waals surface area contributed by atoms with Gasteiger partial charge >= 0.3 is 5.69 Å². The van der Waals surface area contributed by atoms with Crippen LogP contribution < -0.4 is 10.5 Å². The summed E-state index contributed by atoms with van der Waals surface area (Å²) in [5.74, 6) is 5.31. The molecular formula is C9H9N3O3. The lowest BCUT2D eigenvalue weighted by atomic mass is 10.3.